The molecule has 0 fully saturated rings. The first-order valence-electron chi connectivity index (χ1n) is 4.07. The van der Waals surface area contributed by atoms with Gasteiger partial charge < -0.3 is 10.8 Å². The molecule has 0 atom stereocenters. The van der Waals surface area contributed by atoms with Gasteiger partial charge in [0.05, 0.1) is 5.69 Å². The van der Waals surface area contributed by atoms with Crippen molar-refractivity contribution in [3.63, 3.8) is 0 Å². The lowest BCUT2D eigenvalue weighted by molar-refractivity contribution is 0.427. The quantitative estimate of drug-likeness (QED) is 0.671. The summed E-state index contributed by atoms with van der Waals surface area (Å²) in [5.41, 5.74) is 5.55. The molecule has 1 aromatic carbocycles. The molecule has 1 heterocycles. The Hall–Kier alpha value is -2.11. The Morgan fingerprint density at radius 3 is 2.53 bits per heavy atom. The molecule has 4 N–H and O–H groups in total. The van der Waals surface area contributed by atoms with E-state index in [2.05, 4.69) is 10.2 Å². The third-order valence-corrected chi connectivity index (χ3v) is 1.92. The van der Waals surface area contributed by atoms with E-state index in [-0.39, 0.29) is 17.1 Å². The molecule has 0 bridgehead atoms. The number of phenolic OH excluding ortho intramolecular Hbond substituents is 1. The summed E-state index contributed by atoms with van der Waals surface area (Å²) in [5, 5.41) is 14.9. The number of nitrogens with one attached hydrogen (secondary N) is 1. The molecule has 0 spiro atoms. The summed E-state index contributed by atoms with van der Waals surface area (Å²) in [6, 6.07) is 2.94. The van der Waals surface area contributed by atoms with Crippen molar-refractivity contribution in [1.29, 1.82) is 0 Å². The predicted molar refractivity (Wildman–Crippen MR) is 50.0 cm³/mol. The van der Waals surface area contributed by atoms with Crippen LogP contribution in [0, 0.1) is 11.6 Å². The fraction of sp³-hybridized carbons (Fsp3) is 0. The number of benzene rings is 1. The molecule has 0 radical (unpaired) electrons. The number of halogens is 2. The first-order chi connectivity index (χ1) is 7.08. The maximum absolute atomic E-state index is 13.3. The van der Waals surface area contributed by atoms with Crippen molar-refractivity contribution < 1.29 is 13.9 Å². The highest BCUT2D eigenvalue weighted by Gasteiger charge is 2.12. The van der Waals surface area contributed by atoms with Crippen LogP contribution in [0.2, 0.25) is 0 Å². The standard InChI is InChI=1S/C9H7F2N3O/c10-5-2-8(15)6(11)1-4(5)7-3-9(12)14-13-7/h1-3,15H,(H3,12,13,14). The molecule has 1 aromatic heterocycles. The van der Waals surface area contributed by atoms with E-state index in [0.29, 0.717) is 6.07 Å². The van der Waals surface area contributed by atoms with E-state index < -0.39 is 17.4 Å². The van der Waals surface area contributed by atoms with Gasteiger partial charge in [-0.2, -0.15) is 5.10 Å². The number of H-pyrrole nitrogens is 1. The van der Waals surface area contributed by atoms with Crippen LogP contribution in [0.15, 0.2) is 18.2 Å². The van der Waals surface area contributed by atoms with Crippen molar-refractivity contribution in [2.24, 2.45) is 0 Å². The van der Waals surface area contributed by atoms with Crippen molar-refractivity contribution >= 4 is 5.82 Å². The second-order valence-corrected chi connectivity index (χ2v) is 2.99. The molecule has 2 rings (SSSR count). The fourth-order valence-electron chi connectivity index (χ4n) is 1.22. The zero-order chi connectivity index (χ0) is 11.0. The molecule has 0 aliphatic carbocycles. The summed E-state index contributed by atoms with van der Waals surface area (Å²) in [6.07, 6.45) is 0. The SMILES string of the molecule is Nc1cc(-c2cc(F)c(O)cc2F)[nH]n1. The van der Waals surface area contributed by atoms with Crippen molar-refractivity contribution in [3.05, 3.63) is 29.8 Å². The van der Waals surface area contributed by atoms with Crippen molar-refractivity contribution in [3.8, 4) is 17.0 Å². The third-order valence-electron chi connectivity index (χ3n) is 1.92. The van der Waals surface area contributed by atoms with Gasteiger partial charge in [-0.05, 0) is 6.07 Å². The van der Waals surface area contributed by atoms with Gasteiger partial charge in [-0.15, -0.1) is 0 Å². The number of aromatic nitrogens is 2. The Morgan fingerprint density at radius 2 is 1.93 bits per heavy atom. The smallest absolute Gasteiger partial charge is 0.165 e. The highest BCUT2D eigenvalue weighted by molar-refractivity contribution is 5.63. The van der Waals surface area contributed by atoms with Crippen molar-refractivity contribution in [1.82, 2.24) is 10.2 Å². The number of nitrogen functional groups attached to an aromatic ring is 1. The lowest BCUT2D eigenvalue weighted by Crippen LogP contribution is -1.87. The van der Waals surface area contributed by atoms with E-state index in [0.717, 1.165) is 6.07 Å². The molecule has 78 valence electrons. The first kappa shape index (κ1) is 9.45. The number of anilines is 1. The number of aromatic amines is 1. The van der Waals surface area contributed by atoms with Gasteiger partial charge in [-0.3, -0.25) is 5.10 Å². The van der Waals surface area contributed by atoms with Crippen LogP contribution in [-0.4, -0.2) is 15.3 Å². The van der Waals surface area contributed by atoms with Gasteiger partial charge in [0.15, 0.2) is 11.6 Å². The van der Waals surface area contributed by atoms with E-state index in [1.165, 1.54) is 6.07 Å². The van der Waals surface area contributed by atoms with Crippen LogP contribution < -0.4 is 5.73 Å². The topological polar surface area (TPSA) is 74.9 Å². The van der Waals surface area contributed by atoms with Gasteiger partial charge >= 0.3 is 0 Å². The molecule has 0 unspecified atom stereocenters. The number of aromatic hydroxyl groups is 1. The summed E-state index contributed by atoms with van der Waals surface area (Å²) in [5.74, 6) is -2.21. The average molecular weight is 211 g/mol. The maximum Gasteiger partial charge on any atom is 0.165 e. The molecule has 4 nitrogen and oxygen atoms in total. The van der Waals surface area contributed by atoms with Crippen LogP contribution >= 0.6 is 0 Å². The van der Waals surface area contributed by atoms with Crippen LogP contribution in [0.1, 0.15) is 0 Å². The minimum atomic E-state index is -0.903. The second kappa shape index (κ2) is 3.23. The van der Waals surface area contributed by atoms with Crippen LogP contribution in [0.5, 0.6) is 5.75 Å². The molecule has 15 heavy (non-hydrogen) atoms. The van der Waals surface area contributed by atoms with Crippen LogP contribution in [0.4, 0.5) is 14.6 Å². The summed E-state index contributed by atoms with van der Waals surface area (Å²) < 4.78 is 26.3. The molecule has 2 aromatic rings. The summed E-state index contributed by atoms with van der Waals surface area (Å²) in [4.78, 5) is 0. The number of phenols is 1. The second-order valence-electron chi connectivity index (χ2n) is 2.99. The van der Waals surface area contributed by atoms with Gasteiger partial charge in [-0.1, -0.05) is 0 Å². The van der Waals surface area contributed by atoms with Gasteiger partial charge in [0, 0.05) is 17.7 Å². The summed E-state index contributed by atoms with van der Waals surface area (Å²) in [6.45, 7) is 0. The number of hydrogen-bond acceptors (Lipinski definition) is 3. The molecule has 0 amide bonds. The molecule has 0 saturated heterocycles. The van der Waals surface area contributed by atoms with Gasteiger partial charge in [0.25, 0.3) is 0 Å². The van der Waals surface area contributed by atoms with Crippen LogP contribution in [0.25, 0.3) is 11.3 Å². The average Bonchev–Trinajstić information content (AvgIpc) is 2.58. The van der Waals surface area contributed by atoms with Crippen LogP contribution in [0.3, 0.4) is 0 Å². The monoisotopic (exact) mass is 211 g/mol. The van der Waals surface area contributed by atoms with E-state index in [1.54, 1.807) is 0 Å². The van der Waals surface area contributed by atoms with E-state index >= 15 is 0 Å². The van der Waals surface area contributed by atoms with Crippen molar-refractivity contribution in [2.45, 2.75) is 0 Å². The maximum atomic E-state index is 13.3. The molecular formula is C9H7F2N3O. The van der Waals surface area contributed by atoms with Gasteiger partial charge in [0.2, 0.25) is 0 Å². The number of nitrogens with two attached hydrogens (primary N) is 1. The third kappa shape index (κ3) is 1.61. The highest BCUT2D eigenvalue weighted by Crippen LogP contribution is 2.27. The number of hydrogen-bond donors (Lipinski definition) is 3. The number of nitrogens with zero attached hydrogens (tertiary/aromatic N) is 1. The Balaban J connectivity index is 2.58. The predicted octanol–water partition coefficient (Wildman–Crippen LogP) is 1.64. The molecule has 0 aliphatic rings. The molecule has 0 saturated carbocycles. The Labute approximate surface area is 83.4 Å². The van der Waals surface area contributed by atoms with Gasteiger partial charge in [0.1, 0.15) is 11.6 Å². The minimum absolute atomic E-state index is 0.0329. The molecule has 0 aliphatic heterocycles. The zero-order valence-corrected chi connectivity index (χ0v) is 7.46. The summed E-state index contributed by atoms with van der Waals surface area (Å²) in [7, 11) is 0. The Morgan fingerprint density at radius 1 is 1.20 bits per heavy atom. The Kier molecular flexibility index (Phi) is 2.03. The van der Waals surface area contributed by atoms with E-state index in [1.807, 2.05) is 0 Å². The lowest BCUT2D eigenvalue weighted by Gasteiger charge is -2.01. The zero-order valence-electron chi connectivity index (χ0n) is 7.46. The van der Waals surface area contributed by atoms with Crippen LogP contribution in [-0.2, 0) is 0 Å². The normalized spacial score (nSPS) is 10.5. The highest BCUT2D eigenvalue weighted by atomic mass is 19.1. The van der Waals surface area contributed by atoms with Crippen molar-refractivity contribution in [2.75, 3.05) is 5.73 Å². The molecular weight excluding hydrogens is 204 g/mol. The first-order valence-corrected chi connectivity index (χ1v) is 4.07. The minimum Gasteiger partial charge on any atom is -0.505 e. The number of rotatable bonds is 1. The largest absolute Gasteiger partial charge is 0.505 e. The van der Waals surface area contributed by atoms with E-state index in [4.69, 9.17) is 10.8 Å². The van der Waals surface area contributed by atoms with Gasteiger partial charge in [-0.25, -0.2) is 8.78 Å². The fourth-order valence-corrected chi connectivity index (χ4v) is 1.22. The molecule has 6 heteroatoms. The van der Waals surface area contributed by atoms with E-state index in [9.17, 15) is 8.78 Å². The Bertz CT molecular complexity index is 510. The summed E-state index contributed by atoms with van der Waals surface area (Å²) >= 11 is 0. The lowest BCUT2D eigenvalue weighted by atomic mass is 10.1.